The van der Waals surface area contributed by atoms with Crippen molar-refractivity contribution in [2.45, 2.75) is 263 Å². The molecule has 0 unspecified atom stereocenters. The SMILES string of the molecule is FC(F)(F)C(F)(F)C(F)(F)C(F)(F)C(F)(F)C(F)(F)C(F)(F)C(F)(F)CCn1c([S-])c([S-])n(CCC(F)(F)C(F)(F)C(F)(F)C(F)(F)C(F)(F)C(F)(F)C(F)(F)C(F)(F)F)c1=S.FC(F)(F)C(F)(F)C(F)(F)C(F)(F)C(F)(F)C(F)(F)C(F)(F)C(F)(F)CCn1c([S-])c([S-])n(CCC(F)(F)C(F)(F)C(F)(F)C(F)(F)C(F)(F)C(F)(F)C(F)(F)C(F)(F)F)c1=S.[Ni]. The van der Waals surface area contributed by atoms with E-state index in [4.69, 9.17) is 0 Å². The van der Waals surface area contributed by atoms with Crippen molar-refractivity contribution in [1.29, 1.82) is 0 Å². The summed E-state index contributed by atoms with van der Waals surface area (Å²) in [7, 11) is 0. The van der Waals surface area contributed by atoms with Gasteiger partial charge in [0.1, 0.15) is 0 Å². The van der Waals surface area contributed by atoms with Crippen LogP contribution in [0, 0.1) is 9.54 Å². The molecule has 0 aliphatic heterocycles. The van der Waals surface area contributed by atoms with Crippen molar-refractivity contribution in [1.82, 2.24) is 18.3 Å². The van der Waals surface area contributed by atoms with Crippen LogP contribution in [0.2, 0.25) is 0 Å². The van der Waals surface area contributed by atoms with Gasteiger partial charge in [0.15, 0.2) is 9.54 Å². The van der Waals surface area contributed by atoms with Gasteiger partial charge in [0.25, 0.3) is 0 Å². The van der Waals surface area contributed by atoms with E-state index in [1.807, 2.05) is 0 Å². The second-order valence-corrected chi connectivity index (χ2v) is 26.3. The summed E-state index contributed by atoms with van der Waals surface area (Å²) >= 11 is 25.5. The Bertz CT molecular complexity index is 3710. The average Bonchev–Trinajstić information content (AvgIpc) is 1.20. The molecular formula is C46H16F68N4NiS6-4. The van der Waals surface area contributed by atoms with Crippen molar-refractivity contribution in [3.05, 3.63) is 9.54 Å². The Morgan fingerprint density at radius 2 is 0.232 bits per heavy atom. The minimum Gasteiger partial charge on any atom is -0.762 e. The molecule has 0 aromatic carbocycles. The fourth-order valence-corrected chi connectivity index (χ4v) is 10.4. The van der Waals surface area contributed by atoms with Crippen LogP contribution in [0.4, 0.5) is 299 Å². The standard InChI is InChI=1S/2C23H10F34N2S3.Ni/c2*24-8(25,10(28,29)12(32,33)14(36,37)16(40,41)18(44,45)20(48,49)22(52,53)54)1-3-58-5(60)6(61)59(7(58)62)4-2-9(26,27)11(30,31)13(34,35)15(38,39)17(42,43)19(46,47)21(50,51)23(55,56)57;/h2*60-61H,1-4H2;/p-4. The molecule has 0 atom stereocenters. The minimum atomic E-state index is -9.04. The first-order valence-electron chi connectivity index (χ1n) is 28.0. The van der Waals surface area contributed by atoms with Crippen LogP contribution in [0.1, 0.15) is 25.7 Å². The molecule has 0 aliphatic rings. The van der Waals surface area contributed by atoms with Gasteiger partial charge in [-0.3, -0.25) is 0 Å². The van der Waals surface area contributed by atoms with Gasteiger partial charge in [-0.1, -0.05) is 0 Å². The topological polar surface area (TPSA) is 19.7 Å². The maximum atomic E-state index is 14.4. The predicted octanol–water partition coefficient (Wildman–Crippen LogP) is 25.3. The van der Waals surface area contributed by atoms with Crippen molar-refractivity contribution in [3.63, 3.8) is 0 Å². The van der Waals surface area contributed by atoms with Crippen LogP contribution in [0.25, 0.3) is 0 Å². The van der Waals surface area contributed by atoms with E-state index in [-0.39, 0.29) is 16.5 Å². The van der Waals surface area contributed by atoms with Gasteiger partial charge < -0.3 is 68.8 Å². The molecule has 0 amide bonds. The smallest absolute Gasteiger partial charge is 0.460 e. The summed E-state index contributed by atoms with van der Waals surface area (Å²) in [5.74, 6) is -239. The van der Waals surface area contributed by atoms with Crippen LogP contribution in [-0.2, 0) is 93.2 Å². The number of alkyl halides is 68. The summed E-state index contributed by atoms with van der Waals surface area (Å²) in [4.78, 5) is 0. The van der Waals surface area contributed by atoms with Gasteiger partial charge in [-0.25, -0.2) is 0 Å². The Morgan fingerprint density at radius 3 is 0.320 bits per heavy atom. The molecule has 4 nitrogen and oxygen atoms in total. The zero-order chi connectivity index (χ0) is 101. The number of hydrogen-bond donors (Lipinski definition) is 0. The molecule has 746 valence electrons. The molecule has 0 saturated carbocycles. The van der Waals surface area contributed by atoms with E-state index < -0.39 is 290 Å². The van der Waals surface area contributed by atoms with Crippen molar-refractivity contribution in [2.24, 2.45) is 0 Å². The Labute approximate surface area is 678 Å². The van der Waals surface area contributed by atoms with E-state index in [9.17, 15) is 299 Å². The normalized spacial score (nSPS) is 16.2. The molecule has 0 bridgehead atoms. The summed E-state index contributed by atoms with van der Waals surface area (Å²) in [5.41, 5.74) is 0. The molecule has 0 spiro atoms. The second kappa shape index (κ2) is 33.0. The van der Waals surface area contributed by atoms with Crippen LogP contribution < -0.4 is 0 Å². The summed E-state index contributed by atoms with van der Waals surface area (Å²) < 4.78 is 912. The fraction of sp³-hybridized carbons (Fsp3) is 0.870. The monoisotopic (exact) mass is 2170 g/mol. The number of rotatable bonds is 36. The Hall–Kier alpha value is -4.53. The summed E-state index contributed by atoms with van der Waals surface area (Å²) in [5, 5.41) is -6.61. The van der Waals surface area contributed by atoms with Gasteiger partial charge >= 0.3 is 191 Å². The fourth-order valence-electron chi connectivity index (χ4n) is 8.31. The molecule has 2 aromatic rings. The third kappa shape index (κ3) is 17.0. The molecule has 0 aliphatic carbocycles. The Kier molecular flexibility index (Phi) is 31.8. The largest absolute Gasteiger partial charge is 0.762 e. The first-order valence-corrected chi connectivity index (χ1v) is 30.5. The minimum absolute atomic E-state index is 0. The van der Waals surface area contributed by atoms with Gasteiger partial charge in [0, 0.05) is 68.4 Å². The van der Waals surface area contributed by atoms with Gasteiger partial charge in [-0.05, 0) is 24.4 Å². The van der Waals surface area contributed by atoms with E-state index in [1.54, 1.807) is 0 Å². The Balaban J connectivity index is 0.00000244. The van der Waals surface area contributed by atoms with E-state index in [1.165, 1.54) is 0 Å². The number of nitrogens with zero attached hydrogens (tertiary/aromatic N) is 4. The zero-order valence-corrected chi connectivity index (χ0v) is 60.8. The molecule has 0 fully saturated rings. The molecule has 0 N–H and O–H groups in total. The van der Waals surface area contributed by atoms with Gasteiger partial charge in [-0.15, -0.1) is 20.1 Å². The molecule has 0 radical (unpaired) electrons. The maximum Gasteiger partial charge on any atom is 0.460 e. The third-order valence-corrected chi connectivity index (χ3v) is 18.8. The first-order chi connectivity index (χ1) is 52.8. The Morgan fingerprint density at radius 1 is 0.152 bits per heavy atom. The predicted molar refractivity (Wildman–Crippen MR) is 270 cm³/mol. The number of halogens is 68. The quantitative estimate of drug-likeness (QED) is 0.0291. The summed E-state index contributed by atoms with van der Waals surface area (Å²) in [6.07, 6.45) is -45.9. The van der Waals surface area contributed by atoms with Crippen LogP contribution in [0.3, 0.4) is 0 Å². The third-order valence-electron chi connectivity index (χ3n) is 16.0. The van der Waals surface area contributed by atoms with Crippen molar-refractivity contribution < 1.29 is 315 Å². The van der Waals surface area contributed by atoms with Crippen molar-refractivity contribution >= 4 is 75.0 Å². The second-order valence-electron chi connectivity index (χ2n) is 24.0. The average molecular weight is 2170 g/mol. The molecule has 2 aromatic heterocycles. The number of hydrogen-bond acceptors (Lipinski definition) is 6. The van der Waals surface area contributed by atoms with E-state index >= 15 is 0 Å². The molecule has 2 rings (SSSR count). The molecule has 2 heterocycles. The maximum absolute atomic E-state index is 14.4. The molecule has 125 heavy (non-hydrogen) atoms. The first kappa shape index (κ1) is 120. The van der Waals surface area contributed by atoms with Crippen molar-refractivity contribution in [2.75, 3.05) is 0 Å². The van der Waals surface area contributed by atoms with Crippen molar-refractivity contribution in [3.8, 4) is 0 Å². The van der Waals surface area contributed by atoms with Crippen LogP contribution in [0.5, 0.6) is 0 Å². The number of imidazole rings is 2. The summed E-state index contributed by atoms with van der Waals surface area (Å²) in [6.45, 7) is -10.0. The van der Waals surface area contributed by atoms with E-state index in [2.05, 4.69) is 75.0 Å². The van der Waals surface area contributed by atoms with Gasteiger partial charge in [0.05, 0.1) is 0 Å². The summed E-state index contributed by atoms with van der Waals surface area (Å²) in [6, 6.07) is 0. The van der Waals surface area contributed by atoms with Crippen LogP contribution in [0.15, 0.2) is 20.1 Å². The van der Waals surface area contributed by atoms with Crippen LogP contribution >= 0.6 is 24.4 Å². The van der Waals surface area contributed by atoms with E-state index in [0.29, 0.717) is 0 Å². The number of aromatic nitrogens is 4. The molecule has 0 saturated heterocycles. The molecule has 79 heteroatoms. The zero-order valence-electron chi connectivity index (χ0n) is 54.9. The molecular weight excluding hydrogens is 2150 g/mol. The van der Waals surface area contributed by atoms with Gasteiger partial charge in [0.2, 0.25) is 0 Å². The van der Waals surface area contributed by atoms with Crippen LogP contribution in [-0.4, -0.2) is 209 Å². The van der Waals surface area contributed by atoms with E-state index in [0.717, 1.165) is 0 Å². The van der Waals surface area contributed by atoms with Gasteiger partial charge in [-0.2, -0.15) is 299 Å².